The molecule has 0 amide bonds. The molecule has 0 radical (unpaired) electrons. The van der Waals surface area contributed by atoms with Crippen LogP contribution in [0, 0.1) is 11.3 Å². The summed E-state index contributed by atoms with van der Waals surface area (Å²) in [5.74, 6) is 0.131. The number of thioether (sulfide) groups is 1. The molecule has 0 fully saturated rings. The van der Waals surface area contributed by atoms with E-state index in [4.69, 9.17) is 11.6 Å². The number of nitrogens with one attached hydrogen (secondary N) is 1. The van der Waals surface area contributed by atoms with E-state index in [1.165, 1.54) is 23.9 Å². The van der Waals surface area contributed by atoms with E-state index in [2.05, 4.69) is 15.3 Å². The Morgan fingerprint density at radius 2 is 1.82 bits per heavy atom. The number of nitriles is 1. The van der Waals surface area contributed by atoms with Gasteiger partial charge in [0.1, 0.15) is 11.6 Å². The second-order valence-electron chi connectivity index (χ2n) is 5.60. The van der Waals surface area contributed by atoms with Crippen LogP contribution >= 0.6 is 23.4 Å². The van der Waals surface area contributed by atoms with Gasteiger partial charge >= 0.3 is 6.18 Å². The van der Waals surface area contributed by atoms with E-state index in [9.17, 15) is 18.4 Å². The highest BCUT2D eigenvalue weighted by atomic mass is 35.5. The lowest BCUT2D eigenvalue weighted by Gasteiger charge is -2.14. The largest absolute Gasteiger partial charge is 0.416 e. The van der Waals surface area contributed by atoms with Gasteiger partial charge in [-0.1, -0.05) is 41.6 Å². The lowest BCUT2D eigenvalue weighted by Crippen LogP contribution is -2.07. The molecule has 1 heterocycles. The number of hydrogen-bond acceptors (Lipinski definition) is 5. The first-order chi connectivity index (χ1) is 13.3. The van der Waals surface area contributed by atoms with Crippen LogP contribution in [0.2, 0.25) is 5.02 Å². The van der Waals surface area contributed by atoms with Gasteiger partial charge < -0.3 is 5.32 Å². The monoisotopic (exact) mass is 420 g/mol. The summed E-state index contributed by atoms with van der Waals surface area (Å²) >= 11 is 7.17. The minimum absolute atomic E-state index is 0.123. The van der Waals surface area contributed by atoms with E-state index in [-0.39, 0.29) is 17.1 Å². The molecule has 0 atom stereocenters. The van der Waals surface area contributed by atoms with E-state index in [1.807, 2.05) is 6.07 Å². The van der Waals surface area contributed by atoms with Crippen molar-refractivity contribution in [3.8, 4) is 17.3 Å². The molecular formula is C19H12ClF3N4S. The molecule has 3 rings (SSSR count). The average molecular weight is 421 g/mol. The second-order valence-corrected chi connectivity index (χ2v) is 6.81. The zero-order chi connectivity index (χ0) is 20.3. The normalized spacial score (nSPS) is 11.1. The number of halogens is 4. The minimum atomic E-state index is -4.47. The van der Waals surface area contributed by atoms with Crippen LogP contribution in [-0.2, 0) is 6.18 Å². The summed E-state index contributed by atoms with van der Waals surface area (Å²) < 4.78 is 38.9. The van der Waals surface area contributed by atoms with Gasteiger partial charge in [-0.15, -0.1) is 0 Å². The lowest BCUT2D eigenvalue weighted by atomic mass is 10.1. The van der Waals surface area contributed by atoms with E-state index in [0.717, 1.165) is 12.1 Å². The van der Waals surface area contributed by atoms with E-state index in [0.29, 0.717) is 21.4 Å². The van der Waals surface area contributed by atoms with Crippen LogP contribution in [-0.4, -0.2) is 16.2 Å². The number of benzene rings is 2. The van der Waals surface area contributed by atoms with Gasteiger partial charge in [-0.05, 0) is 36.6 Å². The average Bonchev–Trinajstić information content (AvgIpc) is 2.67. The summed E-state index contributed by atoms with van der Waals surface area (Å²) in [7, 11) is 0. The minimum Gasteiger partial charge on any atom is -0.339 e. The van der Waals surface area contributed by atoms with Crippen molar-refractivity contribution >= 4 is 34.9 Å². The van der Waals surface area contributed by atoms with Crippen molar-refractivity contribution in [3.63, 3.8) is 0 Å². The molecular weight excluding hydrogens is 409 g/mol. The third-order valence-corrected chi connectivity index (χ3v) is 4.55. The van der Waals surface area contributed by atoms with Crippen molar-refractivity contribution in [3.05, 3.63) is 64.7 Å². The molecule has 0 saturated heterocycles. The van der Waals surface area contributed by atoms with Crippen LogP contribution < -0.4 is 5.32 Å². The molecule has 1 aromatic heterocycles. The first-order valence-electron chi connectivity index (χ1n) is 7.88. The third kappa shape index (κ3) is 4.38. The Balaban J connectivity index is 2.10. The lowest BCUT2D eigenvalue weighted by molar-refractivity contribution is -0.137. The van der Waals surface area contributed by atoms with E-state index < -0.39 is 11.7 Å². The van der Waals surface area contributed by atoms with Crippen molar-refractivity contribution in [1.29, 1.82) is 5.26 Å². The van der Waals surface area contributed by atoms with E-state index in [1.54, 1.807) is 30.5 Å². The maximum atomic E-state index is 13.0. The van der Waals surface area contributed by atoms with Gasteiger partial charge in [-0.3, -0.25) is 0 Å². The molecule has 0 spiro atoms. The summed E-state index contributed by atoms with van der Waals surface area (Å²) in [4.78, 5) is 8.65. The van der Waals surface area contributed by atoms with Gasteiger partial charge in [0.15, 0.2) is 11.0 Å². The first-order valence-corrected chi connectivity index (χ1v) is 9.48. The molecule has 0 unspecified atom stereocenters. The third-order valence-electron chi connectivity index (χ3n) is 3.75. The molecule has 1 N–H and O–H groups in total. The second kappa shape index (κ2) is 8.09. The molecule has 0 aliphatic rings. The van der Waals surface area contributed by atoms with Gasteiger partial charge in [-0.25, -0.2) is 9.97 Å². The predicted octanol–water partition coefficient (Wildman–Crippen LogP) is 6.15. The van der Waals surface area contributed by atoms with Crippen molar-refractivity contribution in [1.82, 2.24) is 9.97 Å². The number of alkyl halides is 3. The topological polar surface area (TPSA) is 61.6 Å². The zero-order valence-electron chi connectivity index (χ0n) is 14.4. The quantitative estimate of drug-likeness (QED) is 0.405. The summed E-state index contributed by atoms with van der Waals surface area (Å²) in [6, 6.07) is 13.5. The number of nitrogens with zero attached hydrogens (tertiary/aromatic N) is 3. The highest BCUT2D eigenvalue weighted by molar-refractivity contribution is 7.98. The van der Waals surface area contributed by atoms with Crippen LogP contribution in [0.15, 0.2) is 53.7 Å². The molecule has 3 aromatic rings. The zero-order valence-corrected chi connectivity index (χ0v) is 16.0. The molecule has 0 bridgehead atoms. The van der Waals surface area contributed by atoms with Gasteiger partial charge in [0.25, 0.3) is 0 Å². The fourth-order valence-corrected chi connectivity index (χ4v) is 2.95. The molecule has 4 nitrogen and oxygen atoms in total. The van der Waals surface area contributed by atoms with Gasteiger partial charge in [-0.2, -0.15) is 18.4 Å². The van der Waals surface area contributed by atoms with Gasteiger partial charge in [0.05, 0.1) is 11.3 Å². The summed E-state index contributed by atoms with van der Waals surface area (Å²) in [6.07, 6.45) is -2.71. The molecule has 0 aliphatic heterocycles. The smallest absolute Gasteiger partial charge is 0.339 e. The molecule has 0 aliphatic carbocycles. The summed E-state index contributed by atoms with van der Waals surface area (Å²) in [5, 5.41) is 13.4. The van der Waals surface area contributed by atoms with Crippen molar-refractivity contribution < 1.29 is 13.2 Å². The number of aromatic nitrogens is 2. The Hall–Kier alpha value is -2.76. The van der Waals surface area contributed by atoms with Crippen LogP contribution in [0.4, 0.5) is 24.7 Å². The Labute approximate surface area is 168 Å². The molecule has 142 valence electrons. The Bertz CT molecular complexity index is 1050. The number of rotatable bonds is 4. The number of hydrogen-bond donors (Lipinski definition) is 1. The fraction of sp³-hybridized carbons (Fsp3) is 0.105. The van der Waals surface area contributed by atoms with Gasteiger partial charge in [0, 0.05) is 16.3 Å². The van der Waals surface area contributed by atoms with E-state index >= 15 is 0 Å². The highest BCUT2D eigenvalue weighted by Gasteiger charge is 2.30. The molecule has 0 saturated carbocycles. The molecule has 2 aromatic carbocycles. The highest BCUT2D eigenvalue weighted by Crippen LogP contribution is 2.33. The van der Waals surface area contributed by atoms with Crippen LogP contribution in [0.5, 0.6) is 0 Å². The summed E-state index contributed by atoms with van der Waals surface area (Å²) in [5.41, 5.74) is 0.503. The predicted molar refractivity (Wildman–Crippen MR) is 104 cm³/mol. The Morgan fingerprint density at radius 3 is 2.43 bits per heavy atom. The van der Waals surface area contributed by atoms with Gasteiger partial charge in [0.2, 0.25) is 0 Å². The maximum Gasteiger partial charge on any atom is 0.416 e. The van der Waals surface area contributed by atoms with Crippen LogP contribution in [0.25, 0.3) is 11.3 Å². The SMILES string of the molecule is CSc1nc(Nc2cccc(C(F)(F)F)c2)c(C#N)c(-c2ccc(Cl)cc2)n1. The Kier molecular flexibility index (Phi) is 5.77. The number of anilines is 2. The maximum absolute atomic E-state index is 13.0. The Morgan fingerprint density at radius 1 is 1.11 bits per heavy atom. The fourth-order valence-electron chi connectivity index (χ4n) is 2.45. The molecule has 9 heteroatoms. The summed E-state index contributed by atoms with van der Waals surface area (Å²) in [6.45, 7) is 0. The standard InChI is InChI=1S/C19H12ClF3N4S/c1-28-18-26-16(11-5-7-13(20)8-6-11)15(10-24)17(27-18)25-14-4-2-3-12(9-14)19(21,22)23/h2-9H,1H3,(H,25,26,27). The van der Waals surface area contributed by atoms with Crippen LogP contribution in [0.3, 0.4) is 0 Å². The van der Waals surface area contributed by atoms with Crippen molar-refractivity contribution in [2.45, 2.75) is 11.3 Å². The first kappa shape index (κ1) is 20.0. The van der Waals surface area contributed by atoms with Crippen molar-refractivity contribution in [2.24, 2.45) is 0 Å². The van der Waals surface area contributed by atoms with Crippen molar-refractivity contribution in [2.75, 3.05) is 11.6 Å². The molecule has 28 heavy (non-hydrogen) atoms. The van der Waals surface area contributed by atoms with Crippen LogP contribution in [0.1, 0.15) is 11.1 Å².